The second-order valence-electron chi connectivity index (χ2n) is 7.77. The van der Waals surface area contributed by atoms with Gasteiger partial charge in [-0.3, -0.25) is 0 Å². The van der Waals surface area contributed by atoms with Crippen LogP contribution in [0.3, 0.4) is 0 Å². The van der Waals surface area contributed by atoms with E-state index in [-0.39, 0.29) is 5.75 Å². The molecule has 6 nitrogen and oxygen atoms in total. The van der Waals surface area contributed by atoms with Gasteiger partial charge in [-0.15, -0.1) is 0 Å². The van der Waals surface area contributed by atoms with Gasteiger partial charge in [0.2, 0.25) is 0 Å². The van der Waals surface area contributed by atoms with Crippen molar-refractivity contribution in [3.63, 3.8) is 0 Å². The summed E-state index contributed by atoms with van der Waals surface area (Å²) in [5.41, 5.74) is 5.69. The van der Waals surface area contributed by atoms with Gasteiger partial charge in [-0.05, 0) is 62.7 Å². The lowest BCUT2D eigenvalue weighted by molar-refractivity contribution is 0.0600. The highest BCUT2D eigenvalue weighted by Gasteiger charge is 2.16. The fourth-order valence-corrected chi connectivity index (χ4v) is 3.56. The molecule has 0 bridgehead atoms. The number of rotatable bonds is 4. The molecule has 1 heterocycles. The van der Waals surface area contributed by atoms with Gasteiger partial charge < -0.3 is 9.84 Å². The van der Waals surface area contributed by atoms with Crippen molar-refractivity contribution in [3.8, 4) is 39.9 Å². The predicted molar refractivity (Wildman–Crippen MR) is 123 cm³/mol. The Labute approximate surface area is 186 Å². The second kappa shape index (κ2) is 8.59. The van der Waals surface area contributed by atoms with Crippen molar-refractivity contribution in [1.29, 1.82) is 0 Å². The van der Waals surface area contributed by atoms with E-state index in [0.29, 0.717) is 28.6 Å². The first kappa shape index (κ1) is 21.2. The lowest BCUT2D eigenvalue weighted by Crippen LogP contribution is -2.02. The van der Waals surface area contributed by atoms with Crippen molar-refractivity contribution < 1.29 is 14.6 Å². The van der Waals surface area contributed by atoms with Crippen LogP contribution in [0.4, 0.5) is 0 Å². The number of phenols is 1. The Bertz CT molecular complexity index is 1290. The van der Waals surface area contributed by atoms with Crippen molar-refractivity contribution in [2.75, 3.05) is 7.11 Å². The maximum absolute atomic E-state index is 11.8. The third-order valence-electron chi connectivity index (χ3n) is 5.07. The molecule has 0 aliphatic rings. The fourth-order valence-electron chi connectivity index (χ4n) is 3.56. The van der Waals surface area contributed by atoms with Crippen LogP contribution in [-0.4, -0.2) is 33.1 Å². The summed E-state index contributed by atoms with van der Waals surface area (Å²) in [4.78, 5) is 25.8. The molecule has 1 aromatic heterocycles. The summed E-state index contributed by atoms with van der Waals surface area (Å²) in [6, 6.07) is 18.4. The van der Waals surface area contributed by atoms with E-state index in [0.717, 1.165) is 27.8 Å². The first-order valence-electron chi connectivity index (χ1n) is 10.2. The van der Waals surface area contributed by atoms with Crippen molar-refractivity contribution in [1.82, 2.24) is 15.0 Å². The quantitative estimate of drug-likeness (QED) is 0.447. The average molecular weight is 425 g/mol. The maximum atomic E-state index is 11.8. The monoisotopic (exact) mass is 425 g/mol. The van der Waals surface area contributed by atoms with E-state index < -0.39 is 5.97 Å². The molecule has 4 aromatic rings. The molecule has 3 aromatic carbocycles. The Morgan fingerprint density at radius 2 is 1.31 bits per heavy atom. The van der Waals surface area contributed by atoms with Crippen LogP contribution in [0.15, 0.2) is 60.7 Å². The Kier molecular flexibility index (Phi) is 5.69. The Morgan fingerprint density at radius 1 is 0.719 bits per heavy atom. The first-order valence-corrected chi connectivity index (χ1v) is 10.2. The first-order chi connectivity index (χ1) is 15.3. The van der Waals surface area contributed by atoms with Gasteiger partial charge in [0.15, 0.2) is 17.5 Å². The minimum absolute atomic E-state index is 0.106. The zero-order valence-corrected chi connectivity index (χ0v) is 18.4. The normalized spacial score (nSPS) is 10.8. The SMILES string of the molecule is COC(=O)c1ccc(-c2nc(-c3cc(C)cc(C)c3)nc(-c3ccc(C)cc3O)n2)cc1. The summed E-state index contributed by atoms with van der Waals surface area (Å²) in [5, 5.41) is 10.5. The van der Waals surface area contributed by atoms with Gasteiger partial charge in [0.25, 0.3) is 0 Å². The molecule has 160 valence electrons. The fraction of sp³-hybridized carbons (Fsp3) is 0.154. The Hall–Kier alpha value is -4.06. The number of methoxy groups -OCH3 is 1. The van der Waals surface area contributed by atoms with Gasteiger partial charge >= 0.3 is 5.97 Å². The number of esters is 1. The second-order valence-corrected chi connectivity index (χ2v) is 7.77. The molecule has 0 radical (unpaired) electrons. The third kappa shape index (κ3) is 4.34. The third-order valence-corrected chi connectivity index (χ3v) is 5.07. The summed E-state index contributed by atoms with van der Waals surface area (Å²) < 4.78 is 4.77. The van der Waals surface area contributed by atoms with E-state index in [1.807, 2.05) is 39.0 Å². The highest BCUT2D eigenvalue weighted by molar-refractivity contribution is 5.89. The van der Waals surface area contributed by atoms with Crippen LogP contribution < -0.4 is 0 Å². The summed E-state index contributed by atoms with van der Waals surface area (Å²) in [5.74, 6) is 1.02. The molecular formula is C26H23N3O3. The number of nitrogens with zero attached hydrogens (tertiary/aromatic N) is 3. The van der Waals surface area contributed by atoms with E-state index in [4.69, 9.17) is 9.72 Å². The number of aromatic nitrogens is 3. The molecular weight excluding hydrogens is 402 g/mol. The maximum Gasteiger partial charge on any atom is 0.337 e. The molecule has 1 N–H and O–H groups in total. The zero-order valence-electron chi connectivity index (χ0n) is 18.4. The van der Waals surface area contributed by atoms with E-state index >= 15 is 0 Å². The van der Waals surface area contributed by atoms with E-state index in [1.54, 1.807) is 36.4 Å². The van der Waals surface area contributed by atoms with Crippen molar-refractivity contribution in [2.24, 2.45) is 0 Å². The molecule has 0 spiro atoms. The molecule has 0 fully saturated rings. The highest BCUT2D eigenvalue weighted by atomic mass is 16.5. The van der Waals surface area contributed by atoms with Gasteiger partial charge in [0.05, 0.1) is 18.2 Å². The van der Waals surface area contributed by atoms with Gasteiger partial charge in [-0.1, -0.05) is 35.4 Å². The van der Waals surface area contributed by atoms with Crippen molar-refractivity contribution in [3.05, 3.63) is 82.9 Å². The molecule has 0 atom stereocenters. The molecule has 0 unspecified atom stereocenters. The Balaban J connectivity index is 1.90. The number of ether oxygens (including phenoxy) is 1. The number of carbonyl (C=O) groups is 1. The van der Waals surface area contributed by atoms with Gasteiger partial charge in [-0.2, -0.15) is 0 Å². The standard InChI is InChI=1S/C26H23N3O3/c1-15-5-10-21(22(30)14-15)25-28-23(18-6-8-19(9-7-18)26(31)32-4)27-24(29-25)20-12-16(2)11-17(3)13-20/h5-14,30H,1-4H3. The van der Waals surface area contributed by atoms with E-state index in [9.17, 15) is 9.90 Å². The molecule has 6 heteroatoms. The summed E-state index contributed by atoms with van der Waals surface area (Å²) in [6.45, 7) is 5.96. The topological polar surface area (TPSA) is 85.2 Å². The average Bonchev–Trinajstić information content (AvgIpc) is 2.77. The predicted octanol–water partition coefficient (Wildman–Crippen LogP) is 5.29. The summed E-state index contributed by atoms with van der Waals surface area (Å²) in [7, 11) is 1.35. The number of benzene rings is 3. The largest absolute Gasteiger partial charge is 0.507 e. The van der Waals surface area contributed by atoms with Crippen LogP contribution in [0.2, 0.25) is 0 Å². The minimum atomic E-state index is -0.409. The van der Waals surface area contributed by atoms with Crippen LogP contribution in [0.25, 0.3) is 34.2 Å². The van der Waals surface area contributed by atoms with Crippen LogP contribution in [0, 0.1) is 20.8 Å². The number of aromatic hydroxyl groups is 1. The van der Waals surface area contributed by atoms with E-state index in [2.05, 4.69) is 16.0 Å². The van der Waals surface area contributed by atoms with Crippen LogP contribution in [-0.2, 0) is 4.74 Å². The number of phenolic OH excluding ortho intramolecular Hbond substituents is 1. The van der Waals surface area contributed by atoms with Crippen molar-refractivity contribution >= 4 is 5.97 Å². The van der Waals surface area contributed by atoms with Crippen LogP contribution in [0.5, 0.6) is 5.75 Å². The number of hydrogen-bond donors (Lipinski definition) is 1. The van der Waals surface area contributed by atoms with Gasteiger partial charge in [0.1, 0.15) is 5.75 Å². The molecule has 32 heavy (non-hydrogen) atoms. The molecule has 0 amide bonds. The van der Waals surface area contributed by atoms with Crippen LogP contribution in [0.1, 0.15) is 27.0 Å². The smallest absolute Gasteiger partial charge is 0.337 e. The summed E-state index contributed by atoms with van der Waals surface area (Å²) >= 11 is 0. The Morgan fingerprint density at radius 3 is 1.91 bits per heavy atom. The molecule has 0 aliphatic heterocycles. The highest BCUT2D eigenvalue weighted by Crippen LogP contribution is 2.31. The summed E-state index contributed by atoms with van der Waals surface area (Å²) in [6.07, 6.45) is 0. The molecule has 0 aliphatic carbocycles. The number of aryl methyl sites for hydroxylation is 3. The number of hydrogen-bond acceptors (Lipinski definition) is 6. The molecule has 0 saturated carbocycles. The lowest BCUT2D eigenvalue weighted by Gasteiger charge is -2.11. The van der Waals surface area contributed by atoms with Crippen molar-refractivity contribution in [2.45, 2.75) is 20.8 Å². The lowest BCUT2D eigenvalue weighted by atomic mass is 10.1. The zero-order chi connectivity index (χ0) is 22.8. The minimum Gasteiger partial charge on any atom is -0.507 e. The molecule has 0 saturated heterocycles. The van der Waals surface area contributed by atoms with Gasteiger partial charge in [0, 0.05) is 11.1 Å². The molecule has 4 rings (SSSR count). The number of carbonyl (C=O) groups excluding carboxylic acids is 1. The van der Waals surface area contributed by atoms with Crippen LogP contribution >= 0.6 is 0 Å². The van der Waals surface area contributed by atoms with Gasteiger partial charge in [-0.25, -0.2) is 19.7 Å². The van der Waals surface area contributed by atoms with E-state index in [1.165, 1.54) is 7.11 Å².